The molecule has 5 heteroatoms. The summed E-state index contributed by atoms with van der Waals surface area (Å²) in [7, 11) is 1.64. The molecule has 2 aromatic rings. The number of carbonyl (C=O) groups is 1. The largest absolute Gasteiger partial charge is 0.358 e. The molecule has 3 N–H and O–H groups in total. The minimum absolute atomic E-state index is 0.0265. The van der Waals surface area contributed by atoms with Crippen LogP contribution in [-0.4, -0.2) is 31.0 Å². The van der Waals surface area contributed by atoms with Gasteiger partial charge in [0.25, 0.3) is 0 Å². The number of pyridine rings is 1. The standard InChI is InChI=1S/C16H22N4O/c1-3-8-20(11-15(21)18-2)16-13(10-17)9-12-6-4-5-7-14(12)19-16/h4-7,9H,3,8,10-11,17H2,1-2H3,(H,18,21). The molecule has 112 valence electrons. The first-order chi connectivity index (χ1) is 10.2. The topological polar surface area (TPSA) is 71.2 Å². The van der Waals surface area contributed by atoms with E-state index < -0.39 is 0 Å². The summed E-state index contributed by atoms with van der Waals surface area (Å²) in [5, 5.41) is 3.73. The first-order valence-corrected chi connectivity index (χ1v) is 7.23. The van der Waals surface area contributed by atoms with Crippen LogP contribution < -0.4 is 16.0 Å². The highest BCUT2D eigenvalue weighted by molar-refractivity contribution is 5.84. The fourth-order valence-electron chi connectivity index (χ4n) is 2.36. The number of aromatic nitrogens is 1. The van der Waals surface area contributed by atoms with Crippen molar-refractivity contribution in [3.63, 3.8) is 0 Å². The fraction of sp³-hybridized carbons (Fsp3) is 0.375. The van der Waals surface area contributed by atoms with Crippen molar-refractivity contribution >= 4 is 22.6 Å². The number of benzene rings is 1. The predicted molar refractivity (Wildman–Crippen MR) is 86.2 cm³/mol. The smallest absolute Gasteiger partial charge is 0.239 e. The number of amides is 1. The monoisotopic (exact) mass is 286 g/mol. The third-order valence-electron chi connectivity index (χ3n) is 3.41. The number of carbonyl (C=O) groups excluding carboxylic acids is 1. The molecule has 0 unspecified atom stereocenters. The Morgan fingerprint density at radius 1 is 1.38 bits per heavy atom. The lowest BCUT2D eigenvalue weighted by Gasteiger charge is -2.25. The average molecular weight is 286 g/mol. The molecular weight excluding hydrogens is 264 g/mol. The summed E-state index contributed by atoms with van der Waals surface area (Å²) < 4.78 is 0. The average Bonchev–Trinajstić information content (AvgIpc) is 2.52. The summed E-state index contributed by atoms with van der Waals surface area (Å²) in [6, 6.07) is 10.0. The fourth-order valence-corrected chi connectivity index (χ4v) is 2.36. The Bertz CT molecular complexity index is 627. The number of hydrogen-bond donors (Lipinski definition) is 2. The van der Waals surface area contributed by atoms with Crippen molar-refractivity contribution in [1.82, 2.24) is 10.3 Å². The quantitative estimate of drug-likeness (QED) is 0.847. The van der Waals surface area contributed by atoms with Crippen molar-refractivity contribution in [3.8, 4) is 0 Å². The van der Waals surface area contributed by atoms with Crippen molar-refractivity contribution in [2.75, 3.05) is 25.0 Å². The Morgan fingerprint density at radius 2 is 2.14 bits per heavy atom. The Labute approximate surface area is 125 Å². The minimum atomic E-state index is -0.0265. The van der Waals surface area contributed by atoms with E-state index in [1.165, 1.54) is 0 Å². The van der Waals surface area contributed by atoms with Crippen molar-refractivity contribution < 1.29 is 4.79 Å². The first kappa shape index (κ1) is 15.3. The van der Waals surface area contributed by atoms with Gasteiger partial charge in [-0.25, -0.2) is 4.98 Å². The Balaban J connectivity index is 2.46. The van der Waals surface area contributed by atoms with Gasteiger partial charge < -0.3 is 16.0 Å². The molecule has 0 aliphatic carbocycles. The molecule has 1 aromatic carbocycles. The highest BCUT2D eigenvalue weighted by Gasteiger charge is 2.15. The van der Waals surface area contributed by atoms with Gasteiger partial charge in [-0.2, -0.15) is 0 Å². The van der Waals surface area contributed by atoms with E-state index in [4.69, 9.17) is 10.7 Å². The Hall–Kier alpha value is -2.14. The summed E-state index contributed by atoms with van der Waals surface area (Å²) in [6.07, 6.45) is 0.940. The molecule has 1 amide bonds. The molecule has 2 rings (SSSR count). The second kappa shape index (κ2) is 7.04. The van der Waals surface area contributed by atoms with Gasteiger partial charge in [-0.1, -0.05) is 25.1 Å². The molecule has 0 saturated heterocycles. The van der Waals surface area contributed by atoms with Crippen LogP contribution in [0.15, 0.2) is 30.3 Å². The number of nitrogens with one attached hydrogen (secondary N) is 1. The highest BCUT2D eigenvalue weighted by atomic mass is 16.1. The van der Waals surface area contributed by atoms with Gasteiger partial charge in [-0.15, -0.1) is 0 Å². The number of nitrogens with zero attached hydrogens (tertiary/aromatic N) is 2. The van der Waals surface area contributed by atoms with Gasteiger partial charge in [0.15, 0.2) is 0 Å². The van der Waals surface area contributed by atoms with Crippen LogP contribution in [-0.2, 0) is 11.3 Å². The third kappa shape index (κ3) is 3.49. The van der Waals surface area contributed by atoms with E-state index in [-0.39, 0.29) is 5.91 Å². The van der Waals surface area contributed by atoms with Gasteiger partial charge in [-0.05, 0) is 18.6 Å². The van der Waals surface area contributed by atoms with E-state index in [9.17, 15) is 4.79 Å². The van der Waals surface area contributed by atoms with E-state index in [0.29, 0.717) is 13.1 Å². The Morgan fingerprint density at radius 3 is 2.81 bits per heavy atom. The van der Waals surface area contributed by atoms with E-state index in [1.807, 2.05) is 29.2 Å². The molecule has 21 heavy (non-hydrogen) atoms. The lowest BCUT2D eigenvalue weighted by Crippen LogP contribution is -2.37. The van der Waals surface area contributed by atoms with E-state index in [2.05, 4.69) is 18.3 Å². The van der Waals surface area contributed by atoms with Crippen molar-refractivity contribution in [2.45, 2.75) is 19.9 Å². The first-order valence-electron chi connectivity index (χ1n) is 7.23. The maximum absolute atomic E-state index is 11.7. The minimum Gasteiger partial charge on any atom is -0.358 e. The van der Waals surface area contributed by atoms with Crippen molar-refractivity contribution in [1.29, 1.82) is 0 Å². The number of anilines is 1. The lowest BCUT2D eigenvalue weighted by molar-refractivity contribution is -0.119. The second-order valence-corrected chi connectivity index (χ2v) is 4.96. The predicted octanol–water partition coefficient (Wildman–Crippen LogP) is 1.66. The summed E-state index contributed by atoms with van der Waals surface area (Å²) in [5.74, 6) is 0.781. The number of rotatable bonds is 6. The van der Waals surface area contributed by atoms with Crippen molar-refractivity contribution in [2.24, 2.45) is 5.73 Å². The van der Waals surface area contributed by atoms with E-state index in [1.54, 1.807) is 7.05 Å². The number of likely N-dealkylation sites (N-methyl/N-ethyl adjacent to an activating group) is 1. The van der Waals surface area contributed by atoms with Gasteiger partial charge in [0.2, 0.25) is 5.91 Å². The zero-order chi connectivity index (χ0) is 15.2. The number of nitrogens with two attached hydrogens (primary N) is 1. The van der Waals surface area contributed by atoms with Crippen LogP contribution in [0, 0.1) is 0 Å². The maximum atomic E-state index is 11.7. The number of hydrogen-bond acceptors (Lipinski definition) is 4. The zero-order valence-corrected chi connectivity index (χ0v) is 12.6. The molecule has 5 nitrogen and oxygen atoms in total. The molecular formula is C16H22N4O. The second-order valence-electron chi connectivity index (χ2n) is 4.96. The molecule has 0 fully saturated rings. The van der Waals surface area contributed by atoms with Crippen molar-refractivity contribution in [3.05, 3.63) is 35.9 Å². The SMILES string of the molecule is CCCN(CC(=O)NC)c1nc2ccccc2cc1CN. The van der Waals surface area contributed by atoms with Crippen LogP contribution >= 0.6 is 0 Å². The van der Waals surface area contributed by atoms with Gasteiger partial charge >= 0.3 is 0 Å². The molecule has 0 atom stereocenters. The van der Waals surface area contributed by atoms with E-state index in [0.717, 1.165) is 35.2 Å². The zero-order valence-electron chi connectivity index (χ0n) is 12.6. The van der Waals surface area contributed by atoms with Crippen LogP contribution in [0.4, 0.5) is 5.82 Å². The molecule has 0 radical (unpaired) electrons. The van der Waals surface area contributed by atoms with Gasteiger partial charge in [0.1, 0.15) is 5.82 Å². The van der Waals surface area contributed by atoms with Gasteiger partial charge in [0.05, 0.1) is 12.1 Å². The van der Waals surface area contributed by atoms with E-state index >= 15 is 0 Å². The summed E-state index contributed by atoms with van der Waals surface area (Å²) in [4.78, 5) is 18.4. The van der Waals surface area contributed by atoms with Gasteiger partial charge in [-0.3, -0.25) is 4.79 Å². The number of fused-ring (bicyclic) bond motifs is 1. The van der Waals surface area contributed by atoms with Crippen LogP contribution in [0.25, 0.3) is 10.9 Å². The summed E-state index contributed by atoms with van der Waals surface area (Å²) >= 11 is 0. The molecule has 1 aromatic heterocycles. The molecule has 0 aliphatic heterocycles. The molecule has 0 bridgehead atoms. The molecule has 0 spiro atoms. The van der Waals surface area contributed by atoms with Crippen LogP contribution in [0.1, 0.15) is 18.9 Å². The van der Waals surface area contributed by atoms with Crippen LogP contribution in [0.2, 0.25) is 0 Å². The van der Waals surface area contributed by atoms with Crippen LogP contribution in [0.5, 0.6) is 0 Å². The number of para-hydroxylation sites is 1. The molecule has 1 heterocycles. The Kier molecular flexibility index (Phi) is 5.11. The third-order valence-corrected chi connectivity index (χ3v) is 3.41. The lowest BCUT2D eigenvalue weighted by atomic mass is 10.1. The maximum Gasteiger partial charge on any atom is 0.239 e. The molecule has 0 saturated carbocycles. The normalized spacial score (nSPS) is 10.6. The van der Waals surface area contributed by atoms with Crippen LogP contribution in [0.3, 0.4) is 0 Å². The highest BCUT2D eigenvalue weighted by Crippen LogP contribution is 2.23. The molecule has 0 aliphatic rings. The van der Waals surface area contributed by atoms with Gasteiger partial charge in [0, 0.05) is 31.1 Å². The summed E-state index contributed by atoms with van der Waals surface area (Å²) in [6.45, 7) is 3.55. The summed E-state index contributed by atoms with van der Waals surface area (Å²) in [5.41, 5.74) is 7.75.